The minimum absolute atomic E-state index is 0.0339. The Balaban J connectivity index is 1.99. The number of aromatic hydroxyl groups is 1. The Morgan fingerprint density at radius 3 is 2.67 bits per heavy atom. The molecule has 2 heterocycles. The molecule has 1 aromatic carbocycles. The van der Waals surface area contributed by atoms with Crippen LogP contribution in [0.3, 0.4) is 0 Å². The number of rotatable bonds is 9. The number of hydrogen-bond acceptors (Lipinski definition) is 8. The van der Waals surface area contributed by atoms with E-state index in [1.165, 1.54) is 11.3 Å². The number of fused-ring (bicyclic) bond motifs is 1. The van der Waals surface area contributed by atoms with Crippen molar-refractivity contribution in [2.75, 3.05) is 20.7 Å². The predicted molar refractivity (Wildman–Crippen MR) is 131 cm³/mol. The first-order valence-corrected chi connectivity index (χ1v) is 14.1. The average molecular weight is 557 g/mol. The second kappa shape index (κ2) is 9.36. The Morgan fingerprint density at radius 1 is 1.36 bits per heavy atom. The van der Waals surface area contributed by atoms with Gasteiger partial charge in [-0.1, -0.05) is 0 Å². The van der Waals surface area contributed by atoms with Crippen LogP contribution in [0.4, 0.5) is 0 Å². The first-order chi connectivity index (χ1) is 15.6. The molecule has 0 aliphatic heterocycles. The van der Waals surface area contributed by atoms with Crippen LogP contribution in [0.1, 0.15) is 53.1 Å². The van der Waals surface area contributed by atoms with Crippen LogP contribution in [0.5, 0.6) is 5.75 Å². The highest BCUT2D eigenvalue weighted by Crippen LogP contribution is 2.46. The lowest BCUT2D eigenvalue weighted by Gasteiger charge is -2.15. The zero-order valence-electron chi connectivity index (χ0n) is 18.7. The van der Waals surface area contributed by atoms with Gasteiger partial charge in [0.15, 0.2) is 9.84 Å². The van der Waals surface area contributed by atoms with Crippen LogP contribution in [0.15, 0.2) is 21.4 Å². The van der Waals surface area contributed by atoms with Gasteiger partial charge in [-0.2, -0.15) is 0 Å². The molecule has 4 rings (SSSR count). The number of thiazole rings is 1. The molecule has 33 heavy (non-hydrogen) atoms. The molecule has 0 unspecified atom stereocenters. The van der Waals surface area contributed by atoms with Crippen molar-refractivity contribution in [3.05, 3.63) is 43.9 Å². The van der Waals surface area contributed by atoms with E-state index in [0.29, 0.717) is 33.4 Å². The van der Waals surface area contributed by atoms with Gasteiger partial charge in [0.2, 0.25) is 0 Å². The van der Waals surface area contributed by atoms with E-state index in [2.05, 4.69) is 20.9 Å². The summed E-state index contributed by atoms with van der Waals surface area (Å²) >= 11 is 4.78. The first-order valence-electron chi connectivity index (χ1n) is 10.6. The standard InChI is InChI=1S/C22H26BrN3O5S2/c1-4-31-22(28)20-18(11-33(29,30)10-13-9-32-12-24-13)26(14-5-6-14)17-7-16(23)21(27)15(19(17)20)8-25(2)3/h7,9,12,14,27H,4-6,8,10-11H2,1-3H3. The van der Waals surface area contributed by atoms with Crippen molar-refractivity contribution < 1.29 is 23.1 Å². The fourth-order valence-corrected chi connectivity index (χ4v) is 6.67. The molecule has 0 amide bonds. The van der Waals surface area contributed by atoms with Gasteiger partial charge in [0.05, 0.1) is 44.9 Å². The second-order valence-corrected chi connectivity index (χ2v) is 12.1. The molecule has 1 N–H and O–H groups in total. The summed E-state index contributed by atoms with van der Waals surface area (Å²) < 4.78 is 34.2. The maximum Gasteiger partial charge on any atom is 0.340 e. The number of phenolic OH excluding ortho intramolecular Hbond substituents is 1. The molecule has 0 radical (unpaired) electrons. The van der Waals surface area contributed by atoms with Gasteiger partial charge >= 0.3 is 5.97 Å². The number of esters is 1. The summed E-state index contributed by atoms with van der Waals surface area (Å²) in [6.07, 6.45) is 1.79. The number of aromatic nitrogens is 2. The molecular formula is C22H26BrN3O5S2. The van der Waals surface area contributed by atoms with E-state index in [1.807, 2.05) is 23.6 Å². The van der Waals surface area contributed by atoms with Crippen LogP contribution >= 0.6 is 27.3 Å². The lowest BCUT2D eigenvalue weighted by molar-refractivity contribution is 0.0527. The number of benzene rings is 1. The highest BCUT2D eigenvalue weighted by Gasteiger charge is 2.36. The van der Waals surface area contributed by atoms with Crippen molar-refractivity contribution in [1.82, 2.24) is 14.5 Å². The van der Waals surface area contributed by atoms with Gasteiger partial charge in [-0.15, -0.1) is 11.3 Å². The molecule has 0 saturated heterocycles. The van der Waals surface area contributed by atoms with Gasteiger partial charge in [0.1, 0.15) is 5.75 Å². The lowest BCUT2D eigenvalue weighted by atomic mass is 10.0. The number of ether oxygens (including phenoxy) is 1. The summed E-state index contributed by atoms with van der Waals surface area (Å²) in [6, 6.07) is 1.87. The van der Waals surface area contributed by atoms with E-state index >= 15 is 0 Å². The Hall–Kier alpha value is -1.95. The van der Waals surface area contributed by atoms with Crippen LogP contribution in [0.25, 0.3) is 10.9 Å². The van der Waals surface area contributed by atoms with Crippen molar-refractivity contribution >= 4 is 54.0 Å². The molecule has 1 aliphatic rings. The van der Waals surface area contributed by atoms with E-state index in [4.69, 9.17) is 4.74 Å². The fraction of sp³-hybridized carbons (Fsp3) is 0.455. The van der Waals surface area contributed by atoms with Crippen LogP contribution in [0, 0.1) is 0 Å². The molecular weight excluding hydrogens is 530 g/mol. The molecule has 11 heteroatoms. The molecule has 8 nitrogen and oxygen atoms in total. The van der Waals surface area contributed by atoms with Crippen molar-refractivity contribution in [1.29, 1.82) is 0 Å². The molecule has 178 valence electrons. The Morgan fingerprint density at radius 2 is 2.09 bits per heavy atom. The van der Waals surface area contributed by atoms with E-state index in [-0.39, 0.29) is 35.5 Å². The topological polar surface area (TPSA) is 102 Å². The van der Waals surface area contributed by atoms with Gasteiger partial charge in [0.25, 0.3) is 0 Å². The van der Waals surface area contributed by atoms with Gasteiger partial charge in [0, 0.05) is 34.6 Å². The van der Waals surface area contributed by atoms with Crippen molar-refractivity contribution in [3.8, 4) is 5.75 Å². The van der Waals surface area contributed by atoms with Crippen LogP contribution in [-0.2, 0) is 32.6 Å². The molecule has 0 atom stereocenters. The number of carbonyl (C=O) groups excluding carboxylic acids is 1. The SMILES string of the molecule is CCOC(=O)c1c(CS(=O)(=O)Cc2cscn2)n(C2CC2)c2cc(Br)c(O)c(CN(C)C)c12. The molecule has 0 spiro atoms. The van der Waals surface area contributed by atoms with Crippen molar-refractivity contribution in [2.24, 2.45) is 0 Å². The molecule has 1 fully saturated rings. The number of hydrogen-bond donors (Lipinski definition) is 1. The average Bonchev–Trinajstić information content (AvgIpc) is 3.34. The van der Waals surface area contributed by atoms with Gasteiger partial charge in [-0.3, -0.25) is 0 Å². The summed E-state index contributed by atoms with van der Waals surface area (Å²) in [5.41, 5.74) is 4.01. The third-order valence-electron chi connectivity index (χ3n) is 5.50. The molecule has 1 saturated carbocycles. The third kappa shape index (κ3) is 4.96. The zero-order valence-corrected chi connectivity index (χ0v) is 21.9. The lowest BCUT2D eigenvalue weighted by Crippen LogP contribution is -2.16. The monoisotopic (exact) mass is 555 g/mol. The van der Waals surface area contributed by atoms with Crippen LogP contribution < -0.4 is 0 Å². The molecule has 3 aromatic rings. The Kier molecular flexibility index (Phi) is 6.86. The second-order valence-electron chi connectivity index (χ2n) is 8.47. The van der Waals surface area contributed by atoms with Crippen molar-refractivity contribution in [2.45, 2.75) is 43.9 Å². The fourth-order valence-electron chi connectivity index (χ4n) is 4.14. The number of phenols is 1. The number of halogens is 1. The quantitative estimate of drug-likeness (QED) is 0.393. The predicted octanol–water partition coefficient (Wildman–Crippen LogP) is 4.25. The molecule has 2 aromatic heterocycles. The summed E-state index contributed by atoms with van der Waals surface area (Å²) in [5.74, 6) is -1.07. The van der Waals surface area contributed by atoms with Gasteiger partial charge in [-0.25, -0.2) is 18.2 Å². The first kappa shape index (κ1) is 24.2. The van der Waals surface area contributed by atoms with Crippen LogP contribution in [-0.4, -0.2) is 54.6 Å². The van der Waals surface area contributed by atoms with Gasteiger partial charge < -0.3 is 19.3 Å². The Labute approximate surface area is 205 Å². The Bertz CT molecular complexity index is 1300. The zero-order chi connectivity index (χ0) is 23.9. The summed E-state index contributed by atoms with van der Waals surface area (Å²) in [7, 11) is 0.107. The summed E-state index contributed by atoms with van der Waals surface area (Å²) in [4.78, 5) is 19.2. The number of sulfone groups is 1. The highest BCUT2D eigenvalue weighted by molar-refractivity contribution is 9.10. The summed E-state index contributed by atoms with van der Waals surface area (Å²) in [6.45, 7) is 2.24. The molecule has 1 aliphatic carbocycles. The minimum Gasteiger partial charge on any atom is -0.506 e. The van der Waals surface area contributed by atoms with Crippen LogP contribution in [0.2, 0.25) is 0 Å². The summed E-state index contributed by atoms with van der Waals surface area (Å²) in [5, 5.41) is 13.1. The van der Waals surface area contributed by atoms with E-state index in [0.717, 1.165) is 18.4 Å². The minimum atomic E-state index is -3.63. The molecule has 0 bridgehead atoms. The number of nitrogens with zero attached hydrogens (tertiary/aromatic N) is 3. The van der Waals surface area contributed by atoms with E-state index < -0.39 is 15.8 Å². The number of carbonyl (C=O) groups is 1. The highest BCUT2D eigenvalue weighted by atomic mass is 79.9. The van der Waals surface area contributed by atoms with Crippen molar-refractivity contribution in [3.63, 3.8) is 0 Å². The normalized spacial score (nSPS) is 14.3. The largest absolute Gasteiger partial charge is 0.506 e. The maximum atomic E-state index is 13.2. The maximum absolute atomic E-state index is 13.2. The smallest absolute Gasteiger partial charge is 0.340 e. The van der Waals surface area contributed by atoms with Gasteiger partial charge in [-0.05, 0) is 55.9 Å². The third-order valence-corrected chi connectivity index (χ3v) is 8.18. The van der Waals surface area contributed by atoms with E-state index in [9.17, 15) is 18.3 Å². The van der Waals surface area contributed by atoms with E-state index in [1.54, 1.807) is 23.9 Å².